The molecule has 0 aliphatic carbocycles. The van der Waals surface area contributed by atoms with Crippen LogP contribution in [-0.2, 0) is 0 Å². The Hall–Kier alpha value is -2.14. The van der Waals surface area contributed by atoms with Crippen LogP contribution in [-0.4, -0.2) is 15.4 Å². The van der Waals surface area contributed by atoms with Gasteiger partial charge >= 0.3 is 0 Å². The Labute approximate surface area is 101 Å². The zero-order chi connectivity index (χ0) is 11.8. The minimum atomic E-state index is -1.20. The minimum absolute atomic E-state index is 0.109. The zero-order valence-corrected chi connectivity index (χ0v) is 9.48. The molecule has 0 aromatic carbocycles. The van der Waals surface area contributed by atoms with Gasteiger partial charge in [0, 0.05) is 6.20 Å². The first-order chi connectivity index (χ1) is 8.25. The van der Waals surface area contributed by atoms with Crippen molar-refractivity contribution in [1.29, 1.82) is 0 Å². The fourth-order valence-corrected chi connectivity index (χ4v) is 2.40. The highest BCUT2D eigenvalue weighted by molar-refractivity contribution is 7.13. The Balaban J connectivity index is 2.26. The molecule has 0 amide bonds. The first-order valence-electron chi connectivity index (χ1n) is 4.99. The van der Waals surface area contributed by atoms with Gasteiger partial charge in [0.2, 0.25) is 0 Å². The van der Waals surface area contributed by atoms with Crippen molar-refractivity contribution in [2.45, 2.75) is 0 Å². The molecular weight excluding hydrogens is 236 g/mol. The molecule has 0 bridgehead atoms. The van der Waals surface area contributed by atoms with Crippen LogP contribution in [0.15, 0.2) is 41.9 Å². The first-order valence-corrected chi connectivity index (χ1v) is 5.87. The monoisotopic (exact) mass is 243 g/mol. The van der Waals surface area contributed by atoms with Gasteiger partial charge in [-0.2, -0.15) is 0 Å². The van der Waals surface area contributed by atoms with Crippen molar-refractivity contribution in [1.82, 2.24) is 9.38 Å². The lowest BCUT2D eigenvalue weighted by atomic mass is 10.3. The third-order valence-corrected chi connectivity index (χ3v) is 3.37. The van der Waals surface area contributed by atoms with E-state index in [4.69, 9.17) is 0 Å². The molecule has 4 nitrogen and oxygen atoms in total. The summed E-state index contributed by atoms with van der Waals surface area (Å²) in [6, 6.07) is 8.81. The van der Waals surface area contributed by atoms with E-state index in [2.05, 4.69) is 4.98 Å². The normalized spacial score (nSPS) is 10.8. The number of carboxylic acid groups (broad SMARTS) is 1. The van der Waals surface area contributed by atoms with Crippen LogP contribution in [0.2, 0.25) is 0 Å². The molecule has 3 rings (SSSR count). The number of carbonyl (C=O) groups excluding carboxylic acids is 1. The molecule has 0 spiro atoms. The third-order valence-electron chi connectivity index (χ3n) is 2.47. The Morgan fingerprint density at radius 1 is 1.29 bits per heavy atom. The fourth-order valence-electron chi connectivity index (χ4n) is 1.72. The number of carbonyl (C=O) groups is 1. The number of pyridine rings is 1. The van der Waals surface area contributed by atoms with Gasteiger partial charge < -0.3 is 9.90 Å². The van der Waals surface area contributed by atoms with Gasteiger partial charge in [-0.25, -0.2) is 4.98 Å². The molecule has 0 unspecified atom stereocenters. The second-order valence-corrected chi connectivity index (χ2v) is 4.48. The van der Waals surface area contributed by atoms with E-state index in [1.165, 1.54) is 10.5 Å². The molecule has 0 saturated carbocycles. The van der Waals surface area contributed by atoms with Gasteiger partial charge in [0.15, 0.2) is 0 Å². The summed E-state index contributed by atoms with van der Waals surface area (Å²) in [5.74, 6) is -1.20. The van der Waals surface area contributed by atoms with Crippen molar-refractivity contribution in [3.05, 3.63) is 47.6 Å². The highest BCUT2D eigenvalue weighted by Gasteiger charge is 2.07. The van der Waals surface area contributed by atoms with E-state index in [0.717, 1.165) is 10.6 Å². The average Bonchev–Trinajstić information content (AvgIpc) is 2.96. The number of aromatic carboxylic acids is 1. The Morgan fingerprint density at radius 2 is 2.18 bits per heavy atom. The second-order valence-electron chi connectivity index (χ2n) is 3.53. The maximum atomic E-state index is 11.0. The second kappa shape index (κ2) is 3.71. The van der Waals surface area contributed by atoms with Gasteiger partial charge in [-0.05, 0) is 23.6 Å². The maximum Gasteiger partial charge on any atom is 0.137 e. The van der Waals surface area contributed by atoms with E-state index in [-0.39, 0.29) is 5.69 Å². The van der Waals surface area contributed by atoms with Gasteiger partial charge in [-0.3, -0.25) is 4.40 Å². The van der Waals surface area contributed by atoms with Crippen LogP contribution in [0, 0.1) is 0 Å². The number of fused-ring (bicyclic) bond motifs is 1. The van der Waals surface area contributed by atoms with Crippen molar-refractivity contribution >= 4 is 23.0 Å². The van der Waals surface area contributed by atoms with Crippen molar-refractivity contribution in [3.63, 3.8) is 0 Å². The third kappa shape index (κ3) is 1.60. The Morgan fingerprint density at radius 3 is 2.88 bits per heavy atom. The summed E-state index contributed by atoms with van der Waals surface area (Å²) < 4.78 is 1.53. The number of nitrogens with zero attached hydrogens (tertiary/aromatic N) is 2. The van der Waals surface area contributed by atoms with Crippen LogP contribution < -0.4 is 5.11 Å². The van der Waals surface area contributed by atoms with Crippen LogP contribution in [0.25, 0.3) is 16.2 Å². The van der Waals surface area contributed by atoms with E-state index in [9.17, 15) is 9.90 Å². The van der Waals surface area contributed by atoms with Crippen molar-refractivity contribution in [3.8, 4) is 10.6 Å². The highest BCUT2D eigenvalue weighted by Crippen LogP contribution is 2.24. The lowest BCUT2D eigenvalue weighted by molar-refractivity contribution is -0.255. The number of aromatic nitrogens is 2. The number of hydrogen-bond donors (Lipinski definition) is 0. The van der Waals surface area contributed by atoms with Crippen LogP contribution >= 0.6 is 11.3 Å². The maximum absolute atomic E-state index is 11.0. The van der Waals surface area contributed by atoms with Gasteiger partial charge in [0.25, 0.3) is 0 Å². The van der Waals surface area contributed by atoms with Gasteiger partial charge in [0.1, 0.15) is 5.65 Å². The Bertz CT molecular complexity index is 686. The Kier molecular flexibility index (Phi) is 2.19. The zero-order valence-electron chi connectivity index (χ0n) is 8.66. The number of hydrogen-bond acceptors (Lipinski definition) is 4. The molecule has 3 heterocycles. The molecule has 0 fully saturated rings. The number of imidazole rings is 1. The molecule has 3 aromatic heterocycles. The molecule has 0 radical (unpaired) electrons. The molecule has 5 heteroatoms. The van der Waals surface area contributed by atoms with E-state index >= 15 is 0 Å². The molecule has 17 heavy (non-hydrogen) atoms. The minimum Gasteiger partial charge on any atom is -0.543 e. The highest BCUT2D eigenvalue weighted by atomic mass is 32.1. The molecule has 0 saturated heterocycles. The van der Waals surface area contributed by atoms with E-state index in [1.807, 2.05) is 17.5 Å². The van der Waals surface area contributed by atoms with Crippen LogP contribution in [0.3, 0.4) is 0 Å². The molecular formula is C12H7N2O2S-. The molecule has 84 valence electrons. The lowest BCUT2D eigenvalue weighted by Crippen LogP contribution is -2.24. The predicted octanol–water partition coefficient (Wildman–Crippen LogP) is 1.43. The van der Waals surface area contributed by atoms with Crippen molar-refractivity contribution < 1.29 is 9.90 Å². The number of thiophene rings is 1. The van der Waals surface area contributed by atoms with Crippen molar-refractivity contribution in [2.75, 3.05) is 0 Å². The van der Waals surface area contributed by atoms with E-state index in [0.29, 0.717) is 5.65 Å². The summed E-state index contributed by atoms with van der Waals surface area (Å²) in [7, 11) is 0. The van der Waals surface area contributed by atoms with Crippen molar-refractivity contribution in [2.24, 2.45) is 0 Å². The van der Waals surface area contributed by atoms with Gasteiger partial charge in [0.05, 0.1) is 22.2 Å². The first kappa shape index (κ1) is 10.0. The molecule has 0 aliphatic rings. The quantitative estimate of drug-likeness (QED) is 0.684. The smallest absolute Gasteiger partial charge is 0.137 e. The fraction of sp³-hybridized carbons (Fsp3) is 0. The molecule has 3 aromatic rings. The number of carboxylic acids is 1. The summed E-state index contributed by atoms with van der Waals surface area (Å²) in [6.45, 7) is 0. The van der Waals surface area contributed by atoms with Crippen LogP contribution in [0.5, 0.6) is 0 Å². The molecule has 0 atom stereocenters. The van der Waals surface area contributed by atoms with Crippen LogP contribution in [0.1, 0.15) is 10.5 Å². The largest absolute Gasteiger partial charge is 0.543 e. The summed E-state index contributed by atoms with van der Waals surface area (Å²) in [5.41, 5.74) is 1.49. The molecule has 0 N–H and O–H groups in total. The lowest BCUT2D eigenvalue weighted by Gasteiger charge is -2.04. The summed E-state index contributed by atoms with van der Waals surface area (Å²) >= 11 is 1.57. The molecule has 0 aliphatic heterocycles. The van der Waals surface area contributed by atoms with Gasteiger partial charge in [-0.15, -0.1) is 11.3 Å². The SMILES string of the molecule is O=C([O-])c1cccc2nc(-c3cccs3)cn12. The summed E-state index contributed by atoms with van der Waals surface area (Å²) in [4.78, 5) is 16.3. The van der Waals surface area contributed by atoms with Crippen LogP contribution in [0.4, 0.5) is 0 Å². The topological polar surface area (TPSA) is 57.4 Å². The standard InChI is InChI=1S/C12H8N2O2S/c15-12(16)9-3-1-5-11-13-8(7-14(9)11)10-4-2-6-17-10/h1-7H,(H,15,16)/p-1. The average molecular weight is 243 g/mol. The summed E-state index contributed by atoms with van der Waals surface area (Å²) in [6.07, 6.45) is 1.71. The van der Waals surface area contributed by atoms with E-state index in [1.54, 1.807) is 29.7 Å². The summed E-state index contributed by atoms with van der Waals surface area (Å²) in [5, 5.41) is 12.9. The predicted molar refractivity (Wildman–Crippen MR) is 62.8 cm³/mol. The number of rotatable bonds is 2. The van der Waals surface area contributed by atoms with Gasteiger partial charge in [-0.1, -0.05) is 12.1 Å². The van der Waals surface area contributed by atoms with E-state index < -0.39 is 5.97 Å².